The summed E-state index contributed by atoms with van der Waals surface area (Å²) >= 11 is 6.36. The summed E-state index contributed by atoms with van der Waals surface area (Å²) in [6, 6.07) is 19.1. The topological polar surface area (TPSA) is 104 Å². The van der Waals surface area contributed by atoms with Crippen molar-refractivity contribution in [3.05, 3.63) is 86.9 Å². The third-order valence-corrected chi connectivity index (χ3v) is 7.67. The minimum absolute atomic E-state index is 0.0476. The standard InChI is InChI=1S/C29H30ClN5O3/c1-18(34-13-11-20(12-14-34)21-5-3-7-23(16-21)31-19(2)36)15-22-6-4-8-27-28(22)33-29(32-27)25-10-9-24(35(37)38)17-26(25)30/h3-10,16-18,20H,11-15H2,1-2H3,(H,31,36)(H,32,33). The molecule has 5 rings (SSSR count). The minimum atomic E-state index is -0.459. The number of amides is 1. The van der Waals surface area contributed by atoms with Gasteiger partial charge in [-0.25, -0.2) is 4.98 Å². The van der Waals surface area contributed by atoms with E-state index in [1.165, 1.54) is 24.6 Å². The maximum absolute atomic E-state index is 11.4. The van der Waals surface area contributed by atoms with Crippen LogP contribution < -0.4 is 5.32 Å². The van der Waals surface area contributed by atoms with E-state index in [4.69, 9.17) is 16.6 Å². The second kappa shape index (κ2) is 10.9. The summed E-state index contributed by atoms with van der Waals surface area (Å²) in [4.78, 5) is 32.7. The molecule has 2 heterocycles. The van der Waals surface area contributed by atoms with Crippen molar-refractivity contribution in [1.82, 2.24) is 14.9 Å². The van der Waals surface area contributed by atoms with Gasteiger partial charge < -0.3 is 15.2 Å². The van der Waals surface area contributed by atoms with Crippen LogP contribution in [0.2, 0.25) is 5.02 Å². The van der Waals surface area contributed by atoms with E-state index in [2.05, 4.69) is 40.3 Å². The summed E-state index contributed by atoms with van der Waals surface area (Å²) in [7, 11) is 0. The molecule has 1 aliphatic heterocycles. The predicted molar refractivity (Wildman–Crippen MR) is 151 cm³/mol. The fourth-order valence-electron chi connectivity index (χ4n) is 5.39. The first kappa shape index (κ1) is 25.9. The average Bonchev–Trinajstić information content (AvgIpc) is 3.33. The summed E-state index contributed by atoms with van der Waals surface area (Å²) in [6.07, 6.45) is 3.00. The Balaban J connectivity index is 1.27. The predicted octanol–water partition coefficient (Wildman–Crippen LogP) is 6.56. The fourth-order valence-corrected chi connectivity index (χ4v) is 5.65. The molecule has 1 aliphatic rings. The van der Waals surface area contributed by atoms with Crippen molar-refractivity contribution in [2.45, 2.75) is 45.1 Å². The Morgan fingerprint density at radius 3 is 2.66 bits per heavy atom. The zero-order valence-electron chi connectivity index (χ0n) is 21.4. The second-order valence-corrected chi connectivity index (χ2v) is 10.4. The van der Waals surface area contributed by atoms with Gasteiger partial charge in [-0.2, -0.15) is 0 Å². The third-order valence-electron chi connectivity index (χ3n) is 7.36. The molecule has 196 valence electrons. The van der Waals surface area contributed by atoms with Crippen molar-refractivity contribution in [2.75, 3.05) is 18.4 Å². The van der Waals surface area contributed by atoms with E-state index in [1.807, 2.05) is 24.3 Å². The molecule has 1 unspecified atom stereocenters. The Labute approximate surface area is 226 Å². The first-order chi connectivity index (χ1) is 18.3. The highest BCUT2D eigenvalue weighted by Crippen LogP contribution is 2.33. The SMILES string of the molecule is CC(=O)Nc1cccc(C2CCN(C(C)Cc3cccc4[nH]c(-c5ccc([N+](=O)[O-])cc5Cl)nc34)CC2)c1. The molecule has 2 N–H and O–H groups in total. The van der Waals surface area contributed by atoms with Crippen LogP contribution in [0.3, 0.4) is 0 Å². The van der Waals surface area contributed by atoms with Gasteiger partial charge in [-0.1, -0.05) is 35.9 Å². The molecule has 1 atom stereocenters. The molecule has 1 saturated heterocycles. The van der Waals surface area contributed by atoms with Gasteiger partial charge in [0, 0.05) is 36.3 Å². The number of halogens is 1. The molecule has 1 amide bonds. The van der Waals surface area contributed by atoms with Crippen molar-refractivity contribution in [3.8, 4) is 11.4 Å². The number of nitrogens with zero attached hydrogens (tertiary/aromatic N) is 3. The van der Waals surface area contributed by atoms with Gasteiger partial charge in [0.05, 0.1) is 21.0 Å². The van der Waals surface area contributed by atoms with Gasteiger partial charge in [-0.05, 0) is 80.6 Å². The maximum Gasteiger partial charge on any atom is 0.270 e. The molecular formula is C29H30ClN5O3. The minimum Gasteiger partial charge on any atom is -0.338 e. The molecule has 0 saturated carbocycles. The molecule has 0 radical (unpaired) electrons. The highest BCUT2D eigenvalue weighted by molar-refractivity contribution is 6.33. The number of para-hydroxylation sites is 1. The van der Waals surface area contributed by atoms with Crippen LogP contribution in [0, 0.1) is 10.1 Å². The third kappa shape index (κ3) is 5.56. The first-order valence-corrected chi connectivity index (χ1v) is 13.2. The van der Waals surface area contributed by atoms with Crippen LogP contribution in [0.5, 0.6) is 0 Å². The van der Waals surface area contributed by atoms with Crippen molar-refractivity contribution in [1.29, 1.82) is 0 Å². The summed E-state index contributed by atoms with van der Waals surface area (Å²) in [5, 5.41) is 14.2. The number of rotatable bonds is 7. The number of piperidine rings is 1. The molecule has 0 spiro atoms. The number of non-ortho nitro benzene ring substituents is 1. The molecule has 0 bridgehead atoms. The lowest BCUT2D eigenvalue weighted by Crippen LogP contribution is -2.40. The normalized spacial score (nSPS) is 15.4. The van der Waals surface area contributed by atoms with Gasteiger partial charge in [0.25, 0.3) is 5.69 Å². The van der Waals surface area contributed by atoms with Crippen LogP contribution in [-0.4, -0.2) is 44.8 Å². The lowest BCUT2D eigenvalue weighted by atomic mass is 9.88. The number of aromatic amines is 1. The lowest BCUT2D eigenvalue weighted by molar-refractivity contribution is -0.384. The molecule has 3 aromatic carbocycles. The molecule has 4 aromatic rings. The van der Waals surface area contributed by atoms with E-state index in [1.54, 1.807) is 6.07 Å². The fraction of sp³-hybridized carbons (Fsp3) is 0.310. The number of carbonyl (C=O) groups is 1. The molecule has 8 nitrogen and oxygen atoms in total. The zero-order chi connectivity index (χ0) is 26.8. The Morgan fingerprint density at radius 2 is 1.95 bits per heavy atom. The van der Waals surface area contributed by atoms with Gasteiger partial charge >= 0.3 is 0 Å². The van der Waals surface area contributed by atoms with Gasteiger partial charge in [-0.15, -0.1) is 0 Å². The summed E-state index contributed by atoms with van der Waals surface area (Å²) < 4.78 is 0. The summed E-state index contributed by atoms with van der Waals surface area (Å²) in [6.45, 7) is 5.81. The summed E-state index contributed by atoms with van der Waals surface area (Å²) in [5.41, 5.74) is 5.69. The monoisotopic (exact) mass is 531 g/mol. The second-order valence-electron chi connectivity index (χ2n) is 9.99. The number of carbonyl (C=O) groups excluding carboxylic acids is 1. The average molecular weight is 532 g/mol. The number of aromatic nitrogens is 2. The van der Waals surface area contributed by atoms with E-state index in [0.29, 0.717) is 28.4 Å². The van der Waals surface area contributed by atoms with Gasteiger partial charge in [0.1, 0.15) is 5.82 Å². The number of fused-ring (bicyclic) bond motifs is 1. The smallest absolute Gasteiger partial charge is 0.270 e. The number of hydrogen-bond donors (Lipinski definition) is 2. The van der Waals surface area contributed by atoms with E-state index in [9.17, 15) is 14.9 Å². The molecule has 1 fully saturated rings. The van der Waals surface area contributed by atoms with Crippen molar-refractivity contribution >= 4 is 39.9 Å². The number of nitro benzene ring substituents is 1. The highest BCUT2D eigenvalue weighted by Gasteiger charge is 2.25. The molecule has 1 aromatic heterocycles. The number of anilines is 1. The van der Waals surface area contributed by atoms with E-state index in [0.717, 1.165) is 54.6 Å². The number of nitro groups is 1. The number of likely N-dealkylation sites (tertiary alicyclic amines) is 1. The summed E-state index contributed by atoms with van der Waals surface area (Å²) in [5.74, 6) is 1.03. The zero-order valence-corrected chi connectivity index (χ0v) is 22.2. The molecular weight excluding hydrogens is 502 g/mol. The molecule has 0 aliphatic carbocycles. The van der Waals surface area contributed by atoms with Crippen LogP contribution in [0.15, 0.2) is 60.7 Å². The van der Waals surface area contributed by atoms with Crippen molar-refractivity contribution in [3.63, 3.8) is 0 Å². The Kier molecular flexibility index (Phi) is 7.44. The van der Waals surface area contributed by atoms with E-state index in [-0.39, 0.29) is 11.6 Å². The Hall–Kier alpha value is -3.75. The Morgan fingerprint density at radius 1 is 1.18 bits per heavy atom. The highest BCUT2D eigenvalue weighted by atomic mass is 35.5. The Bertz CT molecular complexity index is 1490. The number of benzene rings is 3. The van der Waals surface area contributed by atoms with Crippen molar-refractivity contribution in [2.24, 2.45) is 0 Å². The van der Waals surface area contributed by atoms with E-state index >= 15 is 0 Å². The van der Waals surface area contributed by atoms with Crippen LogP contribution in [0.25, 0.3) is 22.4 Å². The van der Waals surface area contributed by atoms with E-state index < -0.39 is 4.92 Å². The van der Waals surface area contributed by atoms with Crippen LogP contribution in [-0.2, 0) is 11.2 Å². The first-order valence-electron chi connectivity index (χ1n) is 12.8. The number of nitrogens with one attached hydrogen (secondary N) is 2. The van der Waals surface area contributed by atoms with Crippen LogP contribution in [0.4, 0.5) is 11.4 Å². The lowest BCUT2D eigenvalue weighted by Gasteiger charge is -2.36. The number of H-pyrrole nitrogens is 1. The van der Waals surface area contributed by atoms with Crippen LogP contribution >= 0.6 is 11.6 Å². The van der Waals surface area contributed by atoms with Gasteiger partial charge in [0.15, 0.2) is 0 Å². The molecule has 9 heteroatoms. The molecule has 38 heavy (non-hydrogen) atoms. The number of imidazole rings is 1. The van der Waals surface area contributed by atoms with Gasteiger partial charge in [0.2, 0.25) is 5.91 Å². The number of hydrogen-bond acceptors (Lipinski definition) is 5. The van der Waals surface area contributed by atoms with Gasteiger partial charge in [-0.3, -0.25) is 14.9 Å². The quantitative estimate of drug-likeness (QED) is 0.207. The van der Waals surface area contributed by atoms with Crippen molar-refractivity contribution < 1.29 is 9.72 Å². The van der Waals surface area contributed by atoms with Crippen LogP contribution in [0.1, 0.15) is 43.7 Å². The largest absolute Gasteiger partial charge is 0.338 e. The maximum atomic E-state index is 11.4.